The number of carbonyl (C=O) groups is 2. The molecule has 7 heteroatoms. The lowest BCUT2D eigenvalue weighted by molar-refractivity contribution is -0.136. The first-order valence-electron chi connectivity index (χ1n) is 9.50. The number of nitrogens with one attached hydrogen (secondary N) is 1. The van der Waals surface area contributed by atoms with Crippen molar-refractivity contribution in [1.29, 1.82) is 0 Å². The number of aromatic nitrogens is 2. The fraction of sp³-hybridized carbons (Fsp3) is 0.318. The molecule has 3 aromatic rings. The van der Waals surface area contributed by atoms with Crippen LogP contribution in [0.25, 0.3) is 5.69 Å². The number of aryl methyl sites for hydroxylation is 2. The summed E-state index contributed by atoms with van der Waals surface area (Å²) in [7, 11) is 0. The van der Waals surface area contributed by atoms with Crippen LogP contribution in [0.3, 0.4) is 0 Å². The molecule has 0 radical (unpaired) electrons. The van der Waals surface area contributed by atoms with Gasteiger partial charge in [0.05, 0.1) is 17.4 Å². The van der Waals surface area contributed by atoms with Crippen molar-refractivity contribution in [3.8, 4) is 5.69 Å². The van der Waals surface area contributed by atoms with Crippen molar-refractivity contribution in [2.24, 2.45) is 0 Å². The number of carboxylic acids is 1. The van der Waals surface area contributed by atoms with Gasteiger partial charge in [0.2, 0.25) is 0 Å². The zero-order valence-electron chi connectivity index (χ0n) is 17.0. The summed E-state index contributed by atoms with van der Waals surface area (Å²) in [5.41, 5.74) is 4.02. The van der Waals surface area contributed by atoms with Gasteiger partial charge in [0, 0.05) is 17.7 Å². The smallest absolute Gasteiger partial charge is 0.303 e. The number of benzene rings is 1. The van der Waals surface area contributed by atoms with Gasteiger partial charge in [-0.3, -0.25) is 9.59 Å². The highest BCUT2D eigenvalue weighted by Gasteiger charge is 2.16. The molecule has 152 valence electrons. The van der Waals surface area contributed by atoms with Crippen LogP contribution in [-0.2, 0) is 11.2 Å². The number of hydrogen-bond donors (Lipinski definition) is 2. The number of hydrogen-bond acceptors (Lipinski definition) is 4. The van der Waals surface area contributed by atoms with Gasteiger partial charge in [-0.05, 0) is 76.1 Å². The Balaban J connectivity index is 1.74. The Morgan fingerprint density at radius 3 is 2.41 bits per heavy atom. The Morgan fingerprint density at radius 2 is 1.83 bits per heavy atom. The van der Waals surface area contributed by atoms with Crippen molar-refractivity contribution >= 4 is 11.9 Å². The van der Waals surface area contributed by atoms with Gasteiger partial charge in [0.15, 0.2) is 0 Å². The monoisotopic (exact) mass is 395 g/mol. The predicted octanol–water partition coefficient (Wildman–Crippen LogP) is 3.90. The van der Waals surface area contributed by atoms with Crippen LogP contribution in [-0.4, -0.2) is 26.8 Å². The number of carboxylic acid groups (broad SMARTS) is 1. The van der Waals surface area contributed by atoms with Gasteiger partial charge < -0.3 is 14.8 Å². The second kappa shape index (κ2) is 8.34. The molecule has 0 aliphatic carbocycles. The van der Waals surface area contributed by atoms with Crippen LogP contribution in [0.4, 0.5) is 0 Å². The van der Waals surface area contributed by atoms with Gasteiger partial charge in [0.1, 0.15) is 11.5 Å². The molecule has 2 aromatic heterocycles. The fourth-order valence-electron chi connectivity index (χ4n) is 3.31. The molecule has 0 aliphatic rings. The highest BCUT2D eigenvalue weighted by molar-refractivity contribution is 5.94. The Kier molecular flexibility index (Phi) is 5.87. The molecule has 0 fully saturated rings. The lowest BCUT2D eigenvalue weighted by Crippen LogP contribution is -2.26. The molecular formula is C22H25N3O4. The van der Waals surface area contributed by atoms with E-state index in [4.69, 9.17) is 9.52 Å². The second-order valence-electron chi connectivity index (χ2n) is 7.15. The van der Waals surface area contributed by atoms with Gasteiger partial charge in [-0.15, -0.1) is 0 Å². The van der Waals surface area contributed by atoms with E-state index >= 15 is 0 Å². The summed E-state index contributed by atoms with van der Waals surface area (Å²) < 4.78 is 7.34. The first-order valence-corrected chi connectivity index (χ1v) is 9.50. The lowest BCUT2D eigenvalue weighted by Gasteiger charge is -2.12. The summed E-state index contributed by atoms with van der Waals surface area (Å²) in [5, 5.41) is 16.4. The largest absolute Gasteiger partial charge is 0.481 e. The van der Waals surface area contributed by atoms with Crippen molar-refractivity contribution in [2.45, 2.75) is 46.6 Å². The van der Waals surface area contributed by atoms with E-state index < -0.39 is 5.97 Å². The van der Waals surface area contributed by atoms with E-state index in [9.17, 15) is 9.59 Å². The van der Waals surface area contributed by atoms with Crippen molar-refractivity contribution in [3.05, 3.63) is 70.4 Å². The van der Waals surface area contributed by atoms with Crippen molar-refractivity contribution in [2.75, 3.05) is 0 Å². The van der Waals surface area contributed by atoms with E-state index in [1.807, 2.05) is 52.0 Å². The van der Waals surface area contributed by atoms with Crippen molar-refractivity contribution in [3.63, 3.8) is 0 Å². The zero-order chi connectivity index (χ0) is 21.1. The van der Waals surface area contributed by atoms with E-state index in [1.54, 1.807) is 16.8 Å². The second-order valence-corrected chi connectivity index (χ2v) is 7.15. The third-order valence-corrected chi connectivity index (χ3v) is 4.94. The van der Waals surface area contributed by atoms with Gasteiger partial charge in [-0.1, -0.05) is 0 Å². The van der Waals surface area contributed by atoms with Gasteiger partial charge >= 0.3 is 5.97 Å². The van der Waals surface area contributed by atoms with E-state index in [-0.39, 0.29) is 18.4 Å². The summed E-state index contributed by atoms with van der Waals surface area (Å²) >= 11 is 0. The number of carbonyl (C=O) groups excluding carboxylic acids is 1. The first kappa shape index (κ1) is 20.4. The molecule has 7 nitrogen and oxygen atoms in total. The molecular weight excluding hydrogens is 370 g/mol. The molecule has 0 bridgehead atoms. The molecule has 0 saturated heterocycles. The van der Waals surface area contributed by atoms with Crippen molar-refractivity contribution < 1.29 is 19.1 Å². The maximum atomic E-state index is 12.5. The minimum absolute atomic E-state index is 0.0693. The maximum Gasteiger partial charge on any atom is 0.303 e. The van der Waals surface area contributed by atoms with Gasteiger partial charge in [0.25, 0.3) is 5.91 Å². The molecule has 1 unspecified atom stereocenters. The van der Waals surface area contributed by atoms with Crippen LogP contribution in [0.15, 0.2) is 40.8 Å². The number of amides is 1. The Morgan fingerprint density at radius 1 is 1.14 bits per heavy atom. The van der Waals surface area contributed by atoms with Crippen LogP contribution in [0.1, 0.15) is 58.2 Å². The molecule has 2 heterocycles. The summed E-state index contributed by atoms with van der Waals surface area (Å²) in [6.07, 6.45) is 0.511. The summed E-state index contributed by atoms with van der Waals surface area (Å²) in [6, 6.07) is 10.6. The quantitative estimate of drug-likeness (QED) is 0.632. The van der Waals surface area contributed by atoms with Crippen molar-refractivity contribution in [1.82, 2.24) is 15.1 Å². The number of nitrogens with zero attached hydrogens (tertiary/aromatic N) is 2. The van der Waals surface area contributed by atoms with Crippen LogP contribution in [0.5, 0.6) is 0 Å². The Labute approximate surface area is 169 Å². The Bertz CT molecular complexity index is 1030. The molecule has 0 aliphatic heterocycles. The van der Waals surface area contributed by atoms with Crippen LogP contribution >= 0.6 is 0 Å². The predicted molar refractivity (Wildman–Crippen MR) is 108 cm³/mol. The van der Waals surface area contributed by atoms with Gasteiger partial charge in [-0.2, -0.15) is 5.10 Å². The summed E-state index contributed by atoms with van der Waals surface area (Å²) in [4.78, 5) is 23.4. The third kappa shape index (κ3) is 4.56. The number of rotatable bonds is 7. The fourth-order valence-corrected chi connectivity index (χ4v) is 3.31. The topological polar surface area (TPSA) is 97.4 Å². The van der Waals surface area contributed by atoms with E-state index in [0.717, 1.165) is 28.4 Å². The molecule has 2 N–H and O–H groups in total. The molecule has 1 atom stereocenters. The molecule has 3 rings (SSSR count). The zero-order valence-corrected chi connectivity index (χ0v) is 17.0. The molecule has 1 aromatic carbocycles. The lowest BCUT2D eigenvalue weighted by atomic mass is 10.1. The standard InChI is InChI=1S/C22H25N3O4/c1-13-5-11-20(29-13)15(3)23-22(28)17-6-8-18(9-7-17)25-16(4)19(14(2)24-25)10-12-21(26)27/h5-9,11,15H,10,12H2,1-4H3,(H,23,28)(H,26,27). The summed E-state index contributed by atoms with van der Waals surface area (Å²) in [6.45, 7) is 7.53. The third-order valence-electron chi connectivity index (χ3n) is 4.94. The number of furan rings is 1. The van der Waals surface area contributed by atoms with Crippen LogP contribution < -0.4 is 5.32 Å². The molecule has 0 saturated carbocycles. The highest BCUT2D eigenvalue weighted by Crippen LogP contribution is 2.20. The normalized spacial score (nSPS) is 12.0. The number of aliphatic carboxylic acids is 1. The molecule has 1 amide bonds. The van der Waals surface area contributed by atoms with E-state index in [0.29, 0.717) is 17.7 Å². The van der Waals surface area contributed by atoms with E-state index in [2.05, 4.69) is 10.4 Å². The summed E-state index contributed by atoms with van der Waals surface area (Å²) in [5.74, 6) is 0.501. The highest BCUT2D eigenvalue weighted by atomic mass is 16.4. The molecule has 29 heavy (non-hydrogen) atoms. The minimum Gasteiger partial charge on any atom is -0.481 e. The Hall–Kier alpha value is -3.35. The SMILES string of the molecule is Cc1ccc(C(C)NC(=O)c2ccc(-n3nc(C)c(CCC(=O)O)c3C)cc2)o1. The van der Waals surface area contributed by atoms with Crippen LogP contribution in [0.2, 0.25) is 0 Å². The minimum atomic E-state index is -0.828. The average Bonchev–Trinajstić information content (AvgIpc) is 3.23. The average molecular weight is 395 g/mol. The van der Waals surface area contributed by atoms with Gasteiger partial charge in [-0.25, -0.2) is 4.68 Å². The van der Waals surface area contributed by atoms with Crippen LogP contribution in [0, 0.1) is 20.8 Å². The first-order chi connectivity index (χ1) is 13.8. The molecule has 0 spiro atoms. The maximum absolute atomic E-state index is 12.5. The van der Waals surface area contributed by atoms with E-state index in [1.165, 1.54) is 0 Å².